The molecule has 0 spiro atoms. The number of rotatable bonds is 2. The van der Waals surface area contributed by atoms with Crippen LogP contribution < -0.4 is 4.74 Å². The van der Waals surface area contributed by atoms with Gasteiger partial charge in [-0.3, -0.25) is 0 Å². The molecule has 0 saturated carbocycles. The van der Waals surface area contributed by atoms with Gasteiger partial charge in [0.15, 0.2) is 19.5 Å². The molecule has 0 N–H and O–H groups in total. The Morgan fingerprint density at radius 3 is 1.70 bits per heavy atom. The zero-order valence-corrected chi connectivity index (χ0v) is 12.8. The van der Waals surface area contributed by atoms with Crippen LogP contribution in [0.15, 0.2) is 12.1 Å². The minimum absolute atomic E-state index is 0.305. The summed E-state index contributed by atoms with van der Waals surface area (Å²) in [5, 5.41) is 0. The van der Waals surface area contributed by atoms with Crippen molar-refractivity contribution in [3.8, 4) is 5.75 Å². The van der Waals surface area contributed by atoms with Gasteiger partial charge in [0.1, 0.15) is 5.69 Å². The number of benzene rings is 1. The number of alkyl halides is 3. The molecular weight excluding hydrogens is 322 g/mol. The van der Waals surface area contributed by atoms with Gasteiger partial charge in [-0.05, 0) is 39.8 Å². The highest BCUT2D eigenvalue weighted by atomic mass is 19.4. The molecule has 0 amide bonds. The first kappa shape index (κ1) is 18.0. The lowest BCUT2D eigenvalue weighted by atomic mass is 9.86. The number of hydrogen-bond acceptors (Lipinski definition) is 3. The monoisotopic (exact) mass is 336 g/mol. The Bertz CT molecular complexity index is 588. The zero-order chi connectivity index (χ0) is 17.8. The second kappa shape index (κ2) is 5.07. The third-order valence-electron chi connectivity index (χ3n) is 3.88. The van der Waals surface area contributed by atoms with Crippen LogP contribution in [0.4, 0.5) is 22.0 Å². The van der Waals surface area contributed by atoms with Crippen LogP contribution in [-0.2, 0) is 15.2 Å². The van der Waals surface area contributed by atoms with Crippen molar-refractivity contribution in [1.82, 2.24) is 0 Å². The first-order chi connectivity index (χ1) is 10.2. The Labute approximate surface area is 131 Å². The van der Waals surface area contributed by atoms with Crippen molar-refractivity contribution < 1.29 is 36.2 Å². The van der Waals surface area contributed by atoms with Gasteiger partial charge in [0, 0.05) is 5.56 Å². The van der Waals surface area contributed by atoms with E-state index in [2.05, 4.69) is 4.74 Å². The van der Waals surface area contributed by atoms with Crippen LogP contribution in [0, 0.1) is 11.6 Å². The zero-order valence-electron chi connectivity index (χ0n) is 12.8. The first-order valence-electron chi connectivity index (χ1n) is 6.61. The van der Waals surface area contributed by atoms with E-state index in [1.807, 2.05) is 0 Å². The van der Waals surface area contributed by atoms with Crippen molar-refractivity contribution in [3.05, 3.63) is 29.3 Å². The standard InChI is InChI=1S/C14H14BF5O3/c1-11(2)12(3,4)23-13(15,22-11)7-5-8(16)10(9(17)6-7)21-14(18,19)20/h5-6H,1-4H3. The maximum absolute atomic E-state index is 13.8. The summed E-state index contributed by atoms with van der Waals surface area (Å²) in [5.74, 6) is -4.71. The van der Waals surface area contributed by atoms with Crippen molar-refractivity contribution >= 4 is 7.85 Å². The van der Waals surface area contributed by atoms with Crippen LogP contribution >= 0.6 is 0 Å². The largest absolute Gasteiger partial charge is 0.573 e. The molecule has 23 heavy (non-hydrogen) atoms. The molecule has 2 rings (SSSR count). The summed E-state index contributed by atoms with van der Waals surface area (Å²) in [6, 6.07) is 1.17. The molecule has 0 atom stereocenters. The van der Waals surface area contributed by atoms with Gasteiger partial charge in [-0.1, -0.05) is 0 Å². The molecule has 1 aromatic rings. The summed E-state index contributed by atoms with van der Waals surface area (Å²) in [5.41, 5.74) is -4.13. The maximum atomic E-state index is 13.8. The van der Waals surface area contributed by atoms with E-state index in [4.69, 9.17) is 17.3 Å². The van der Waals surface area contributed by atoms with Crippen molar-refractivity contribution in [2.45, 2.75) is 50.9 Å². The minimum Gasteiger partial charge on any atom is -0.399 e. The van der Waals surface area contributed by atoms with E-state index in [9.17, 15) is 22.0 Å². The lowest BCUT2D eigenvalue weighted by molar-refractivity contribution is -0.276. The van der Waals surface area contributed by atoms with Crippen LogP contribution in [0.1, 0.15) is 33.3 Å². The van der Waals surface area contributed by atoms with Crippen LogP contribution in [-0.4, -0.2) is 25.4 Å². The molecule has 0 aliphatic carbocycles. The van der Waals surface area contributed by atoms with E-state index < -0.39 is 40.6 Å². The number of halogens is 5. The van der Waals surface area contributed by atoms with Crippen molar-refractivity contribution in [3.63, 3.8) is 0 Å². The van der Waals surface area contributed by atoms with Gasteiger partial charge in [0.25, 0.3) is 0 Å². The van der Waals surface area contributed by atoms with Crippen molar-refractivity contribution in [1.29, 1.82) is 0 Å². The summed E-state index contributed by atoms with van der Waals surface area (Å²) in [6.45, 7) is 6.65. The van der Waals surface area contributed by atoms with Gasteiger partial charge >= 0.3 is 6.36 Å². The summed E-state index contributed by atoms with van der Waals surface area (Å²) >= 11 is 0. The second-order valence-electron chi connectivity index (χ2n) is 6.21. The third-order valence-corrected chi connectivity index (χ3v) is 3.88. The molecule has 126 valence electrons. The fourth-order valence-corrected chi connectivity index (χ4v) is 2.12. The highest BCUT2D eigenvalue weighted by Crippen LogP contribution is 2.47. The molecule has 0 unspecified atom stereocenters. The highest BCUT2D eigenvalue weighted by Gasteiger charge is 2.55. The topological polar surface area (TPSA) is 27.7 Å². The smallest absolute Gasteiger partial charge is 0.399 e. The van der Waals surface area contributed by atoms with E-state index in [1.165, 1.54) is 0 Å². The summed E-state index contributed by atoms with van der Waals surface area (Å²) in [6.07, 6.45) is -5.23. The van der Waals surface area contributed by atoms with Crippen LogP contribution in [0.5, 0.6) is 5.75 Å². The van der Waals surface area contributed by atoms with Crippen LogP contribution in [0.2, 0.25) is 0 Å². The molecule has 3 nitrogen and oxygen atoms in total. The molecule has 1 aromatic carbocycles. The molecular formula is C14H14BF5O3. The van der Waals surface area contributed by atoms with E-state index in [0.29, 0.717) is 12.1 Å². The second-order valence-corrected chi connectivity index (χ2v) is 6.21. The van der Waals surface area contributed by atoms with Gasteiger partial charge in [0.2, 0.25) is 5.75 Å². The van der Waals surface area contributed by atoms with Crippen LogP contribution in [0.25, 0.3) is 0 Å². The Kier molecular flexibility index (Phi) is 3.97. The molecule has 1 aliphatic rings. The Morgan fingerprint density at radius 1 is 0.957 bits per heavy atom. The Hall–Kier alpha value is -1.35. The Morgan fingerprint density at radius 2 is 1.35 bits per heavy atom. The van der Waals surface area contributed by atoms with Gasteiger partial charge < -0.3 is 14.2 Å². The predicted molar refractivity (Wildman–Crippen MR) is 70.8 cm³/mol. The molecule has 1 aliphatic heterocycles. The normalized spacial score (nSPS) is 22.1. The van der Waals surface area contributed by atoms with E-state index >= 15 is 0 Å². The minimum atomic E-state index is -5.23. The predicted octanol–water partition coefficient (Wildman–Crippen LogP) is 3.75. The van der Waals surface area contributed by atoms with E-state index in [0.717, 1.165) is 0 Å². The molecule has 1 saturated heterocycles. The van der Waals surface area contributed by atoms with Crippen LogP contribution in [0.3, 0.4) is 0 Å². The Balaban J connectivity index is 2.43. The molecule has 0 bridgehead atoms. The molecule has 1 fully saturated rings. The van der Waals surface area contributed by atoms with Gasteiger partial charge in [-0.2, -0.15) is 0 Å². The fraction of sp³-hybridized carbons (Fsp3) is 0.571. The van der Waals surface area contributed by atoms with E-state index in [1.54, 1.807) is 27.7 Å². The molecule has 2 radical (unpaired) electrons. The molecule has 1 heterocycles. The lowest BCUT2D eigenvalue weighted by Gasteiger charge is -2.30. The molecule has 9 heteroatoms. The van der Waals surface area contributed by atoms with Gasteiger partial charge in [-0.15, -0.1) is 13.2 Å². The average molecular weight is 336 g/mol. The fourth-order valence-electron chi connectivity index (χ4n) is 2.12. The van der Waals surface area contributed by atoms with Crippen molar-refractivity contribution in [2.75, 3.05) is 0 Å². The van der Waals surface area contributed by atoms with Gasteiger partial charge in [-0.25, -0.2) is 8.78 Å². The lowest BCUT2D eigenvalue weighted by Crippen LogP contribution is -2.41. The first-order valence-corrected chi connectivity index (χ1v) is 6.61. The third kappa shape index (κ3) is 3.30. The average Bonchev–Trinajstić information content (AvgIpc) is 2.47. The van der Waals surface area contributed by atoms with E-state index in [-0.39, 0.29) is 5.56 Å². The number of ether oxygens (including phenoxy) is 3. The quantitative estimate of drug-likeness (QED) is 0.608. The van der Waals surface area contributed by atoms with Crippen molar-refractivity contribution in [2.24, 2.45) is 0 Å². The highest BCUT2D eigenvalue weighted by molar-refractivity contribution is 6.14. The summed E-state index contributed by atoms with van der Waals surface area (Å²) in [4.78, 5) is 0. The van der Waals surface area contributed by atoms with Gasteiger partial charge in [0.05, 0.1) is 11.2 Å². The number of hydrogen-bond donors (Lipinski definition) is 0. The molecule has 0 aromatic heterocycles. The summed E-state index contributed by atoms with van der Waals surface area (Å²) < 4.78 is 78.5. The maximum Gasteiger partial charge on any atom is 0.573 e. The SMILES string of the molecule is [B]C1(c2cc(F)c(OC(F)(F)F)c(F)c2)OC(C)(C)C(C)(C)O1. The summed E-state index contributed by atoms with van der Waals surface area (Å²) in [7, 11) is 5.91.